The van der Waals surface area contributed by atoms with Crippen LogP contribution in [-0.2, 0) is 11.0 Å². The molecule has 38 heavy (non-hydrogen) atoms. The lowest BCUT2D eigenvalue weighted by Gasteiger charge is -2.29. The van der Waals surface area contributed by atoms with Crippen molar-refractivity contribution in [2.75, 3.05) is 12.3 Å². The summed E-state index contributed by atoms with van der Waals surface area (Å²) in [5.74, 6) is -1.73. The Hall–Kier alpha value is -3.72. The van der Waals surface area contributed by atoms with Gasteiger partial charge in [-0.1, -0.05) is 49.2 Å². The Balaban J connectivity index is 1.96. The Morgan fingerprint density at radius 3 is 2.24 bits per heavy atom. The second-order valence-electron chi connectivity index (χ2n) is 8.80. The number of amides is 1. The predicted octanol–water partition coefficient (Wildman–Crippen LogP) is 6.85. The van der Waals surface area contributed by atoms with E-state index in [1.54, 1.807) is 48.5 Å². The molecule has 0 heterocycles. The number of hydrogen-bond acceptors (Lipinski definition) is 4. The Kier molecular flexibility index (Phi) is 9.63. The van der Waals surface area contributed by atoms with Crippen molar-refractivity contribution in [3.63, 3.8) is 0 Å². The van der Waals surface area contributed by atoms with Crippen LogP contribution in [0.3, 0.4) is 0 Å². The van der Waals surface area contributed by atoms with Crippen molar-refractivity contribution < 1.29 is 32.6 Å². The zero-order valence-corrected chi connectivity index (χ0v) is 21.4. The molecule has 0 spiro atoms. The molecule has 0 aliphatic heterocycles. The average Bonchev–Trinajstić information content (AvgIpc) is 2.86. The smallest absolute Gasteiger partial charge is 0.416 e. The molecule has 0 saturated carbocycles. The van der Waals surface area contributed by atoms with E-state index in [4.69, 9.17) is 27.2 Å². The highest BCUT2D eigenvalue weighted by Gasteiger charge is 2.32. The van der Waals surface area contributed by atoms with Gasteiger partial charge in [0.1, 0.15) is 11.9 Å². The highest BCUT2D eigenvalue weighted by molar-refractivity contribution is 6.30. The third-order valence-electron chi connectivity index (χ3n) is 5.91. The van der Waals surface area contributed by atoms with Crippen LogP contribution in [0.5, 0.6) is 5.75 Å². The fraction of sp³-hybridized carbons (Fsp3) is 0.286. The number of rotatable bonds is 11. The minimum absolute atomic E-state index is 0.000971. The molecule has 3 rings (SSSR count). The first-order valence-corrected chi connectivity index (χ1v) is 12.4. The van der Waals surface area contributed by atoms with E-state index in [1.807, 2.05) is 6.92 Å². The molecule has 0 radical (unpaired) electrons. The van der Waals surface area contributed by atoms with Crippen LogP contribution in [-0.4, -0.2) is 23.5 Å². The summed E-state index contributed by atoms with van der Waals surface area (Å²) >= 11 is 6.07. The first kappa shape index (κ1) is 28.8. The average molecular weight is 549 g/mol. The number of nitrogen functional groups attached to an aromatic ring is 1. The Morgan fingerprint density at radius 2 is 1.66 bits per heavy atom. The number of carboxylic acids is 1. The molecular formula is C28H28ClF3N2O4. The fourth-order valence-electron chi connectivity index (χ4n) is 4.11. The molecule has 6 nitrogen and oxygen atoms in total. The van der Waals surface area contributed by atoms with E-state index in [1.165, 1.54) is 6.07 Å². The Morgan fingerprint density at radius 1 is 1.03 bits per heavy atom. The largest absolute Gasteiger partial charge is 0.485 e. The molecule has 3 aromatic carbocycles. The number of alkyl halides is 3. The van der Waals surface area contributed by atoms with Crippen molar-refractivity contribution in [3.8, 4) is 5.75 Å². The van der Waals surface area contributed by atoms with Gasteiger partial charge >= 0.3 is 12.1 Å². The molecule has 202 valence electrons. The van der Waals surface area contributed by atoms with E-state index in [0.29, 0.717) is 22.6 Å². The second-order valence-corrected chi connectivity index (χ2v) is 9.23. The topological polar surface area (TPSA) is 102 Å². The zero-order valence-electron chi connectivity index (χ0n) is 20.6. The first-order valence-electron chi connectivity index (χ1n) is 12.0. The van der Waals surface area contributed by atoms with E-state index >= 15 is 0 Å². The molecule has 3 aromatic rings. The number of halogens is 4. The van der Waals surface area contributed by atoms with Crippen molar-refractivity contribution in [1.82, 2.24) is 5.32 Å². The number of carbonyl (C=O) groups is 2. The minimum atomic E-state index is -4.59. The predicted molar refractivity (Wildman–Crippen MR) is 139 cm³/mol. The summed E-state index contributed by atoms with van der Waals surface area (Å²) in [5.41, 5.74) is 6.65. The lowest BCUT2D eigenvalue weighted by molar-refractivity contribution is -0.138. The van der Waals surface area contributed by atoms with Crippen molar-refractivity contribution in [3.05, 3.63) is 94.0 Å². The first-order chi connectivity index (χ1) is 18.0. The van der Waals surface area contributed by atoms with Gasteiger partial charge < -0.3 is 20.9 Å². The Labute approximate surface area is 223 Å². The van der Waals surface area contributed by atoms with E-state index < -0.39 is 29.7 Å². The standard InChI is InChI=1S/C28H28ClF3N2O4/c1-2-3-24(17-4-6-19(7-5-17)27(37)34-13-12-25(35)36)26(18-8-10-21(29)11-9-18)38-23-15-20(28(30,31)32)14-22(33)16-23/h4-11,14-16,24,26H,2-3,12-13,33H2,1H3,(H,34,37)(H,35,36)/t24-,26+/m1/s1. The van der Waals surface area contributed by atoms with Gasteiger partial charge in [0.2, 0.25) is 0 Å². The van der Waals surface area contributed by atoms with Gasteiger partial charge in [0.25, 0.3) is 5.91 Å². The molecule has 0 aromatic heterocycles. The van der Waals surface area contributed by atoms with Crippen molar-refractivity contribution in [2.24, 2.45) is 0 Å². The molecule has 0 aliphatic rings. The lowest BCUT2D eigenvalue weighted by Crippen LogP contribution is -2.26. The van der Waals surface area contributed by atoms with E-state index in [9.17, 15) is 22.8 Å². The minimum Gasteiger partial charge on any atom is -0.485 e. The maximum atomic E-state index is 13.4. The molecule has 1 amide bonds. The van der Waals surface area contributed by atoms with Gasteiger partial charge in [0.05, 0.1) is 12.0 Å². The van der Waals surface area contributed by atoms with Crippen molar-refractivity contribution in [2.45, 2.75) is 44.4 Å². The molecular weight excluding hydrogens is 521 g/mol. The Bertz CT molecular complexity index is 1250. The molecule has 0 saturated heterocycles. The summed E-state index contributed by atoms with van der Waals surface area (Å²) in [6.45, 7) is 1.99. The molecule has 4 N–H and O–H groups in total. The van der Waals surface area contributed by atoms with Crippen molar-refractivity contribution in [1.29, 1.82) is 0 Å². The molecule has 10 heteroatoms. The number of ether oxygens (including phenoxy) is 1. The van der Waals surface area contributed by atoms with E-state index in [2.05, 4.69) is 5.32 Å². The van der Waals surface area contributed by atoms with E-state index in [0.717, 1.165) is 24.1 Å². The number of carboxylic acid groups (broad SMARTS) is 1. The molecule has 0 bridgehead atoms. The van der Waals surface area contributed by atoms with Gasteiger partial charge in [-0.3, -0.25) is 9.59 Å². The monoisotopic (exact) mass is 548 g/mol. The van der Waals surface area contributed by atoms with E-state index in [-0.39, 0.29) is 30.3 Å². The molecule has 0 fully saturated rings. The summed E-state index contributed by atoms with van der Waals surface area (Å²) < 4.78 is 46.5. The molecule has 0 unspecified atom stereocenters. The summed E-state index contributed by atoms with van der Waals surface area (Å²) in [5, 5.41) is 11.8. The van der Waals surface area contributed by atoms with Gasteiger partial charge in [-0.25, -0.2) is 0 Å². The lowest BCUT2D eigenvalue weighted by atomic mass is 9.85. The van der Waals surface area contributed by atoms with Gasteiger partial charge in [-0.15, -0.1) is 0 Å². The van der Waals surface area contributed by atoms with Gasteiger partial charge in [0.15, 0.2) is 0 Å². The highest BCUT2D eigenvalue weighted by Crippen LogP contribution is 2.41. The molecule has 0 aliphatic carbocycles. The number of aliphatic carboxylic acids is 1. The van der Waals surface area contributed by atoms with Gasteiger partial charge in [-0.2, -0.15) is 13.2 Å². The summed E-state index contributed by atoms with van der Waals surface area (Å²) in [6, 6.07) is 16.8. The van der Waals surface area contributed by atoms with Gasteiger partial charge in [-0.05, 0) is 53.9 Å². The van der Waals surface area contributed by atoms with Crippen LogP contribution in [0, 0.1) is 0 Å². The normalized spacial score (nSPS) is 13.0. The number of carbonyl (C=O) groups excluding carboxylic acids is 1. The fourth-order valence-corrected chi connectivity index (χ4v) is 4.23. The van der Waals surface area contributed by atoms with Crippen LogP contribution in [0.1, 0.15) is 65.3 Å². The van der Waals surface area contributed by atoms with Crippen molar-refractivity contribution >= 4 is 29.2 Å². The number of benzene rings is 3. The maximum absolute atomic E-state index is 13.4. The number of anilines is 1. The number of hydrogen-bond donors (Lipinski definition) is 3. The third kappa shape index (κ3) is 7.89. The summed E-state index contributed by atoms with van der Waals surface area (Å²) in [4.78, 5) is 23.0. The van der Waals surface area contributed by atoms with Crippen LogP contribution in [0.2, 0.25) is 5.02 Å². The summed E-state index contributed by atoms with van der Waals surface area (Å²) in [7, 11) is 0. The van der Waals surface area contributed by atoms with Crippen LogP contribution in [0.4, 0.5) is 18.9 Å². The van der Waals surface area contributed by atoms with Crippen LogP contribution >= 0.6 is 11.6 Å². The SMILES string of the molecule is CCC[C@H](c1ccc(C(=O)NCCC(=O)O)cc1)[C@@H](Oc1cc(N)cc(C(F)(F)F)c1)c1ccc(Cl)cc1. The third-order valence-corrected chi connectivity index (χ3v) is 6.16. The van der Waals surface area contributed by atoms with Crippen LogP contribution < -0.4 is 15.8 Å². The molecule has 2 atom stereocenters. The number of nitrogens with one attached hydrogen (secondary N) is 1. The highest BCUT2D eigenvalue weighted by atomic mass is 35.5. The summed E-state index contributed by atoms with van der Waals surface area (Å²) in [6.07, 6.45) is -4.09. The zero-order chi connectivity index (χ0) is 27.9. The second kappa shape index (κ2) is 12.7. The number of nitrogens with two attached hydrogens (primary N) is 1. The quantitative estimate of drug-likeness (QED) is 0.227. The van der Waals surface area contributed by atoms with Gasteiger partial charge in [0, 0.05) is 34.8 Å². The van der Waals surface area contributed by atoms with Crippen LogP contribution in [0.15, 0.2) is 66.7 Å². The maximum Gasteiger partial charge on any atom is 0.416 e. The van der Waals surface area contributed by atoms with Crippen LogP contribution in [0.25, 0.3) is 0 Å².